The van der Waals surface area contributed by atoms with E-state index in [1.807, 2.05) is 46.7 Å². The molecule has 0 saturated carbocycles. The van der Waals surface area contributed by atoms with Gasteiger partial charge in [0.15, 0.2) is 0 Å². The highest BCUT2D eigenvalue weighted by molar-refractivity contribution is 7.12. The quantitative estimate of drug-likeness (QED) is 0.453. The topological polar surface area (TPSA) is 82.2 Å². The molecule has 1 amide bonds. The van der Waals surface area contributed by atoms with Gasteiger partial charge in [0.2, 0.25) is 0 Å². The van der Waals surface area contributed by atoms with Gasteiger partial charge in [0.1, 0.15) is 23.1 Å². The van der Waals surface area contributed by atoms with Crippen molar-refractivity contribution >= 4 is 34.0 Å². The van der Waals surface area contributed by atoms with Crippen molar-refractivity contribution in [2.24, 2.45) is 0 Å². The Kier molecular flexibility index (Phi) is 5.82. The lowest BCUT2D eigenvalue weighted by molar-refractivity contribution is 0.0751. The molecular formula is C25H20FN5O2S. The van der Waals surface area contributed by atoms with Gasteiger partial charge in [0, 0.05) is 31.6 Å². The highest BCUT2D eigenvalue weighted by Crippen LogP contribution is 2.30. The molecular weight excluding hydrogens is 453 g/mol. The zero-order valence-corrected chi connectivity index (χ0v) is 19.0. The Balaban J connectivity index is 1.55. The minimum absolute atomic E-state index is 0.0361. The van der Waals surface area contributed by atoms with Crippen molar-refractivity contribution in [3.63, 3.8) is 0 Å². The molecule has 0 radical (unpaired) electrons. The van der Waals surface area contributed by atoms with Crippen molar-refractivity contribution in [3.05, 3.63) is 92.3 Å². The van der Waals surface area contributed by atoms with Gasteiger partial charge in [0.05, 0.1) is 23.3 Å². The van der Waals surface area contributed by atoms with Crippen LogP contribution >= 0.6 is 11.3 Å². The molecule has 0 unspecified atom stereocenters. The molecule has 0 spiro atoms. The van der Waals surface area contributed by atoms with E-state index in [1.165, 1.54) is 22.0 Å². The number of fused-ring (bicyclic) bond motifs is 1. The van der Waals surface area contributed by atoms with Crippen molar-refractivity contribution < 1.29 is 9.18 Å². The zero-order chi connectivity index (χ0) is 23.7. The third-order valence-electron chi connectivity index (χ3n) is 5.95. The first kappa shape index (κ1) is 21.8. The molecule has 1 aliphatic rings. The molecule has 0 N–H and O–H groups in total. The monoisotopic (exact) mass is 473 g/mol. The molecule has 34 heavy (non-hydrogen) atoms. The Bertz CT molecular complexity index is 1450. The van der Waals surface area contributed by atoms with Gasteiger partial charge in [-0.15, -0.1) is 11.3 Å². The van der Waals surface area contributed by atoms with Crippen molar-refractivity contribution in [3.8, 4) is 6.07 Å². The fourth-order valence-electron chi connectivity index (χ4n) is 4.32. The molecule has 0 atom stereocenters. The second-order valence-corrected chi connectivity index (χ2v) is 8.94. The average molecular weight is 474 g/mol. The number of carbonyl (C=O) groups excluding carboxylic acids is 1. The van der Waals surface area contributed by atoms with Gasteiger partial charge in [-0.3, -0.25) is 14.2 Å². The number of carbonyl (C=O) groups is 1. The molecule has 4 heterocycles. The van der Waals surface area contributed by atoms with E-state index in [4.69, 9.17) is 0 Å². The molecule has 3 aromatic heterocycles. The molecule has 1 aromatic carbocycles. The SMILES string of the molecule is N#Cc1c(N2CCN(C(=O)c3cccs3)CC2)c2cc(F)cnc2n(Cc2ccccc2)c1=O. The molecule has 1 aliphatic heterocycles. The highest BCUT2D eigenvalue weighted by atomic mass is 32.1. The summed E-state index contributed by atoms with van der Waals surface area (Å²) in [4.78, 5) is 34.7. The first-order chi connectivity index (χ1) is 16.6. The summed E-state index contributed by atoms with van der Waals surface area (Å²) in [7, 11) is 0. The number of hydrogen-bond donors (Lipinski definition) is 0. The van der Waals surface area contributed by atoms with Gasteiger partial charge in [-0.1, -0.05) is 36.4 Å². The van der Waals surface area contributed by atoms with Crippen LogP contribution in [0, 0.1) is 17.1 Å². The van der Waals surface area contributed by atoms with Gasteiger partial charge in [0.25, 0.3) is 11.5 Å². The number of nitrogens with zero attached hydrogens (tertiary/aromatic N) is 5. The van der Waals surface area contributed by atoms with Gasteiger partial charge in [-0.05, 0) is 23.1 Å². The molecule has 4 aromatic rings. The molecule has 5 rings (SSSR count). The van der Waals surface area contributed by atoms with E-state index >= 15 is 0 Å². The number of hydrogen-bond acceptors (Lipinski definition) is 6. The third-order valence-corrected chi connectivity index (χ3v) is 6.81. The third kappa shape index (κ3) is 3.93. The largest absolute Gasteiger partial charge is 0.366 e. The summed E-state index contributed by atoms with van der Waals surface area (Å²) in [6.07, 6.45) is 1.08. The van der Waals surface area contributed by atoms with Gasteiger partial charge in [-0.2, -0.15) is 5.26 Å². The first-order valence-corrected chi connectivity index (χ1v) is 11.7. The standard InChI is InChI=1S/C25H20FN5O2S/c26-18-13-19-22(29-8-10-30(11-9-29)25(33)21-7-4-12-34-21)20(14-27)24(32)31(23(19)28-15-18)16-17-5-2-1-3-6-17/h1-7,12-13,15H,8-11,16H2. The van der Waals surface area contributed by atoms with Gasteiger partial charge < -0.3 is 9.80 Å². The van der Waals surface area contributed by atoms with E-state index in [2.05, 4.69) is 11.1 Å². The Morgan fingerprint density at radius 1 is 1.12 bits per heavy atom. The van der Waals surface area contributed by atoms with Crippen molar-refractivity contribution in [1.29, 1.82) is 5.26 Å². The van der Waals surface area contributed by atoms with Crippen LogP contribution in [-0.4, -0.2) is 46.5 Å². The minimum Gasteiger partial charge on any atom is -0.366 e. The summed E-state index contributed by atoms with van der Waals surface area (Å²) in [6, 6.07) is 16.4. The Morgan fingerprint density at radius 3 is 2.56 bits per heavy atom. The lowest BCUT2D eigenvalue weighted by atomic mass is 10.1. The van der Waals surface area contributed by atoms with Crippen LogP contribution in [-0.2, 0) is 6.54 Å². The van der Waals surface area contributed by atoms with Crippen LogP contribution in [0.3, 0.4) is 0 Å². The minimum atomic E-state index is -0.547. The van der Waals surface area contributed by atoms with E-state index in [-0.39, 0.29) is 18.0 Å². The van der Waals surface area contributed by atoms with Crippen molar-refractivity contribution in [2.45, 2.75) is 6.54 Å². The Hall–Kier alpha value is -4.03. The summed E-state index contributed by atoms with van der Waals surface area (Å²) in [6.45, 7) is 1.91. The number of halogens is 1. The molecule has 1 fully saturated rings. The molecule has 7 nitrogen and oxygen atoms in total. The smallest absolute Gasteiger partial charge is 0.272 e. The summed E-state index contributed by atoms with van der Waals surface area (Å²) in [5.74, 6) is -0.583. The van der Waals surface area contributed by atoms with Crippen LogP contribution < -0.4 is 10.5 Å². The second-order valence-electron chi connectivity index (χ2n) is 7.99. The maximum Gasteiger partial charge on any atom is 0.272 e. The lowest BCUT2D eigenvalue weighted by Crippen LogP contribution is -2.49. The van der Waals surface area contributed by atoms with Gasteiger partial charge >= 0.3 is 0 Å². The molecule has 9 heteroatoms. The van der Waals surface area contributed by atoms with E-state index < -0.39 is 11.4 Å². The van der Waals surface area contributed by atoms with Gasteiger partial charge in [-0.25, -0.2) is 9.37 Å². The normalized spacial score (nSPS) is 13.8. The molecule has 0 bridgehead atoms. The van der Waals surface area contributed by atoms with Crippen LogP contribution in [0.2, 0.25) is 0 Å². The van der Waals surface area contributed by atoms with Crippen LogP contribution in [0.25, 0.3) is 11.0 Å². The Labute approximate surface area is 198 Å². The predicted octanol–water partition coefficient (Wildman–Crippen LogP) is 3.48. The number of piperazine rings is 1. The molecule has 0 aliphatic carbocycles. The highest BCUT2D eigenvalue weighted by Gasteiger charge is 2.28. The van der Waals surface area contributed by atoms with E-state index in [9.17, 15) is 19.2 Å². The average Bonchev–Trinajstić information content (AvgIpc) is 3.41. The molecule has 1 saturated heterocycles. The first-order valence-electron chi connectivity index (χ1n) is 10.8. The maximum absolute atomic E-state index is 14.3. The summed E-state index contributed by atoms with van der Waals surface area (Å²) in [5, 5.41) is 12.2. The fraction of sp³-hybridized carbons (Fsp3) is 0.200. The Morgan fingerprint density at radius 2 is 1.88 bits per heavy atom. The fourth-order valence-corrected chi connectivity index (χ4v) is 5.01. The summed E-state index contributed by atoms with van der Waals surface area (Å²) in [5.41, 5.74) is 1.05. The lowest BCUT2D eigenvalue weighted by Gasteiger charge is -2.36. The number of aromatic nitrogens is 2. The number of benzene rings is 1. The van der Waals surface area contributed by atoms with E-state index in [0.29, 0.717) is 47.8 Å². The number of rotatable bonds is 4. The summed E-state index contributed by atoms with van der Waals surface area (Å²) >= 11 is 1.39. The van der Waals surface area contributed by atoms with E-state index in [0.717, 1.165) is 11.8 Å². The molecule has 170 valence electrons. The number of amides is 1. The van der Waals surface area contributed by atoms with Crippen molar-refractivity contribution in [2.75, 3.05) is 31.1 Å². The van der Waals surface area contributed by atoms with Crippen LogP contribution in [0.1, 0.15) is 20.8 Å². The van der Waals surface area contributed by atoms with Crippen molar-refractivity contribution in [1.82, 2.24) is 14.5 Å². The number of anilines is 1. The number of nitriles is 1. The maximum atomic E-state index is 14.3. The number of thiophene rings is 1. The number of pyridine rings is 2. The summed E-state index contributed by atoms with van der Waals surface area (Å²) < 4.78 is 15.7. The second kappa shape index (κ2) is 9.08. The van der Waals surface area contributed by atoms with Crippen LogP contribution in [0.5, 0.6) is 0 Å². The van der Waals surface area contributed by atoms with Crippen LogP contribution in [0.15, 0.2) is 64.9 Å². The van der Waals surface area contributed by atoms with Crippen LogP contribution in [0.4, 0.5) is 10.1 Å². The predicted molar refractivity (Wildman–Crippen MR) is 129 cm³/mol. The zero-order valence-electron chi connectivity index (χ0n) is 18.1. The van der Waals surface area contributed by atoms with E-state index in [1.54, 1.807) is 11.0 Å².